The van der Waals surface area contributed by atoms with Crippen LogP contribution in [0.3, 0.4) is 0 Å². The van der Waals surface area contributed by atoms with Crippen molar-refractivity contribution in [1.29, 1.82) is 0 Å². The highest BCUT2D eigenvalue weighted by Crippen LogP contribution is 2.39. The molecule has 1 aliphatic rings. The van der Waals surface area contributed by atoms with Gasteiger partial charge < -0.3 is 14.6 Å². The molecule has 0 saturated carbocycles. The number of tetrazole rings is 1. The van der Waals surface area contributed by atoms with E-state index in [0.717, 1.165) is 34.5 Å². The average Bonchev–Trinajstić information content (AvgIpc) is 3.33. The first-order chi connectivity index (χ1) is 14.3. The molecule has 0 bridgehead atoms. The number of carboxylic acid groups (broad SMARTS) is 1. The number of hydrogen-bond acceptors (Lipinski definition) is 6. The largest absolute Gasteiger partial charge is 0.489 e. The molecule has 2 heterocycles. The van der Waals surface area contributed by atoms with Crippen molar-refractivity contribution < 1.29 is 19.4 Å². The molecule has 0 saturated heterocycles. The molecule has 0 spiro atoms. The fourth-order valence-electron chi connectivity index (χ4n) is 3.61. The third-order valence-corrected chi connectivity index (χ3v) is 5.12. The SMILES string of the molecule is CC(Cc1ccc(OCc2cc(-n3cnnn3)cc3c2OC(C)(C)C3)cc1)C(=O)O. The van der Waals surface area contributed by atoms with Crippen molar-refractivity contribution in [2.24, 2.45) is 5.92 Å². The Kier molecular flexibility index (Phi) is 5.15. The Labute approximate surface area is 174 Å². The van der Waals surface area contributed by atoms with E-state index in [1.165, 1.54) is 0 Å². The number of aliphatic carboxylic acids is 1. The number of rotatable bonds is 7. The van der Waals surface area contributed by atoms with Crippen molar-refractivity contribution in [3.05, 3.63) is 59.4 Å². The van der Waals surface area contributed by atoms with Crippen molar-refractivity contribution in [2.45, 2.75) is 45.8 Å². The monoisotopic (exact) mass is 408 g/mol. The maximum absolute atomic E-state index is 11.0. The first kappa shape index (κ1) is 19.9. The molecule has 8 nitrogen and oxygen atoms in total. The Balaban J connectivity index is 1.53. The van der Waals surface area contributed by atoms with Gasteiger partial charge in [-0.25, -0.2) is 4.68 Å². The molecule has 1 unspecified atom stereocenters. The van der Waals surface area contributed by atoms with E-state index in [0.29, 0.717) is 18.8 Å². The predicted octanol–water partition coefficient (Wildman–Crippen LogP) is 3.22. The zero-order valence-corrected chi connectivity index (χ0v) is 17.2. The van der Waals surface area contributed by atoms with Gasteiger partial charge in [0, 0.05) is 17.5 Å². The summed E-state index contributed by atoms with van der Waals surface area (Å²) in [6.07, 6.45) is 2.84. The molecule has 0 radical (unpaired) electrons. The lowest BCUT2D eigenvalue weighted by Gasteiger charge is -2.18. The van der Waals surface area contributed by atoms with E-state index in [2.05, 4.69) is 29.4 Å². The van der Waals surface area contributed by atoms with Gasteiger partial charge in [0.05, 0.1) is 11.6 Å². The van der Waals surface area contributed by atoms with Gasteiger partial charge in [0.1, 0.15) is 30.0 Å². The van der Waals surface area contributed by atoms with Gasteiger partial charge in [0.15, 0.2) is 0 Å². The molecule has 4 rings (SSSR count). The zero-order valence-electron chi connectivity index (χ0n) is 17.2. The number of benzene rings is 2. The number of aromatic nitrogens is 4. The van der Waals surface area contributed by atoms with E-state index in [-0.39, 0.29) is 5.60 Å². The maximum atomic E-state index is 11.0. The minimum Gasteiger partial charge on any atom is -0.489 e. The van der Waals surface area contributed by atoms with E-state index in [4.69, 9.17) is 14.6 Å². The van der Waals surface area contributed by atoms with Gasteiger partial charge in [-0.05, 0) is 60.5 Å². The van der Waals surface area contributed by atoms with Gasteiger partial charge in [0.25, 0.3) is 0 Å². The van der Waals surface area contributed by atoms with Crippen LogP contribution in [0.15, 0.2) is 42.7 Å². The lowest BCUT2D eigenvalue weighted by Crippen LogP contribution is -2.25. The third-order valence-electron chi connectivity index (χ3n) is 5.12. The highest BCUT2D eigenvalue weighted by atomic mass is 16.5. The molecule has 0 amide bonds. The van der Waals surface area contributed by atoms with E-state index in [1.54, 1.807) is 17.9 Å². The minimum atomic E-state index is -0.797. The van der Waals surface area contributed by atoms with Crippen LogP contribution in [0, 0.1) is 5.92 Å². The lowest BCUT2D eigenvalue weighted by molar-refractivity contribution is -0.141. The van der Waals surface area contributed by atoms with Gasteiger partial charge in [-0.15, -0.1) is 5.10 Å². The summed E-state index contributed by atoms with van der Waals surface area (Å²) < 4.78 is 13.8. The van der Waals surface area contributed by atoms with Gasteiger partial charge >= 0.3 is 5.97 Å². The van der Waals surface area contributed by atoms with Crippen molar-refractivity contribution in [2.75, 3.05) is 0 Å². The Hall–Kier alpha value is -3.42. The zero-order chi connectivity index (χ0) is 21.3. The van der Waals surface area contributed by atoms with Gasteiger partial charge in [-0.3, -0.25) is 4.79 Å². The second-order valence-corrected chi connectivity index (χ2v) is 8.26. The number of hydrogen-bond donors (Lipinski definition) is 1. The highest BCUT2D eigenvalue weighted by molar-refractivity contribution is 5.69. The third kappa shape index (κ3) is 4.27. The number of carboxylic acids is 1. The molecule has 1 N–H and O–H groups in total. The van der Waals surface area contributed by atoms with E-state index < -0.39 is 11.9 Å². The van der Waals surface area contributed by atoms with Gasteiger partial charge in [0.2, 0.25) is 0 Å². The molecule has 1 aliphatic heterocycles. The fraction of sp³-hybridized carbons (Fsp3) is 0.364. The van der Waals surface area contributed by atoms with Crippen LogP contribution in [0.1, 0.15) is 37.5 Å². The quantitative estimate of drug-likeness (QED) is 0.641. The normalized spacial score (nSPS) is 15.3. The number of ether oxygens (including phenoxy) is 2. The molecular formula is C22H24N4O4. The first-order valence-corrected chi connectivity index (χ1v) is 9.83. The van der Waals surface area contributed by atoms with Crippen LogP contribution in [0.4, 0.5) is 0 Å². The molecule has 3 aromatic rings. The molecule has 0 aliphatic carbocycles. The number of carbonyl (C=O) groups is 1. The smallest absolute Gasteiger partial charge is 0.306 e. The summed E-state index contributed by atoms with van der Waals surface area (Å²) in [5.74, 6) is 0.340. The minimum absolute atomic E-state index is 0.279. The Bertz CT molecular complexity index is 1050. The molecule has 8 heteroatoms. The number of fused-ring (bicyclic) bond motifs is 1. The molecule has 2 aromatic carbocycles. The summed E-state index contributed by atoms with van der Waals surface area (Å²) in [6.45, 7) is 6.15. The summed E-state index contributed by atoms with van der Waals surface area (Å²) in [5, 5.41) is 20.5. The molecule has 156 valence electrons. The molecule has 0 fully saturated rings. The average molecular weight is 408 g/mol. The van der Waals surface area contributed by atoms with Crippen LogP contribution in [0.25, 0.3) is 5.69 Å². The Morgan fingerprint density at radius 2 is 2.07 bits per heavy atom. The summed E-state index contributed by atoms with van der Waals surface area (Å²) >= 11 is 0. The van der Waals surface area contributed by atoms with Crippen LogP contribution in [0.5, 0.6) is 11.5 Å². The van der Waals surface area contributed by atoms with E-state index in [9.17, 15) is 4.79 Å². The molecule has 1 aromatic heterocycles. The molecule has 1 atom stereocenters. The Morgan fingerprint density at radius 3 is 2.73 bits per heavy atom. The second-order valence-electron chi connectivity index (χ2n) is 8.26. The lowest BCUT2D eigenvalue weighted by atomic mass is 10.00. The van der Waals surface area contributed by atoms with Crippen LogP contribution in [-0.4, -0.2) is 36.9 Å². The fourth-order valence-corrected chi connectivity index (χ4v) is 3.61. The topological polar surface area (TPSA) is 99.4 Å². The maximum Gasteiger partial charge on any atom is 0.306 e. The van der Waals surface area contributed by atoms with Gasteiger partial charge in [-0.2, -0.15) is 0 Å². The van der Waals surface area contributed by atoms with Crippen molar-refractivity contribution in [3.8, 4) is 17.2 Å². The van der Waals surface area contributed by atoms with E-state index in [1.807, 2.05) is 36.4 Å². The summed E-state index contributed by atoms with van der Waals surface area (Å²) in [5.41, 5.74) is 3.57. The standard InChI is InChI=1S/C22H24N4O4/c1-14(21(27)28)8-15-4-6-19(7-5-15)29-12-17-10-18(26-13-23-24-25-26)9-16-11-22(2,3)30-20(16)17/h4-7,9-10,13-14H,8,11-12H2,1-3H3,(H,27,28). The molecule has 30 heavy (non-hydrogen) atoms. The van der Waals surface area contributed by atoms with E-state index >= 15 is 0 Å². The van der Waals surface area contributed by atoms with Crippen LogP contribution < -0.4 is 9.47 Å². The molecular weight excluding hydrogens is 384 g/mol. The van der Waals surface area contributed by atoms with Gasteiger partial charge in [-0.1, -0.05) is 19.1 Å². The summed E-state index contributed by atoms with van der Waals surface area (Å²) in [6, 6.07) is 11.5. The van der Waals surface area contributed by atoms with Crippen molar-refractivity contribution >= 4 is 5.97 Å². The van der Waals surface area contributed by atoms with Crippen molar-refractivity contribution in [3.63, 3.8) is 0 Å². The first-order valence-electron chi connectivity index (χ1n) is 9.83. The summed E-state index contributed by atoms with van der Waals surface area (Å²) in [7, 11) is 0. The summed E-state index contributed by atoms with van der Waals surface area (Å²) in [4.78, 5) is 11.0. The second kappa shape index (κ2) is 7.78. The van der Waals surface area contributed by atoms with Crippen molar-refractivity contribution in [1.82, 2.24) is 20.2 Å². The van der Waals surface area contributed by atoms with Crippen LogP contribution in [-0.2, 0) is 24.2 Å². The highest BCUT2D eigenvalue weighted by Gasteiger charge is 2.32. The Morgan fingerprint density at radius 1 is 1.30 bits per heavy atom. The van der Waals surface area contributed by atoms with Crippen LogP contribution >= 0.6 is 0 Å². The number of nitrogens with zero attached hydrogens (tertiary/aromatic N) is 4. The van der Waals surface area contributed by atoms with Crippen LogP contribution in [0.2, 0.25) is 0 Å². The predicted molar refractivity (Wildman–Crippen MR) is 109 cm³/mol.